The summed E-state index contributed by atoms with van der Waals surface area (Å²) in [6.45, 7) is 0.420. The van der Waals surface area contributed by atoms with Crippen LogP contribution in [0.2, 0.25) is 0 Å². The number of piperidine rings is 1. The fourth-order valence-electron chi connectivity index (χ4n) is 4.28. The van der Waals surface area contributed by atoms with Crippen LogP contribution < -0.4 is 5.32 Å². The van der Waals surface area contributed by atoms with Crippen molar-refractivity contribution in [3.63, 3.8) is 0 Å². The smallest absolute Gasteiger partial charge is 0.245 e. The lowest BCUT2D eigenvalue weighted by atomic mass is 9.90. The Labute approximate surface area is 171 Å². The van der Waals surface area contributed by atoms with Crippen LogP contribution in [0.3, 0.4) is 0 Å². The van der Waals surface area contributed by atoms with Crippen molar-refractivity contribution in [2.75, 3.05) is 18.4 Å². The Bertz CT molecular complexity index is 1010. The molecule has 1 aliphatic heterocycles. The lowest BCUT2D eigenvalue weighted by molar-refractivity contribution is -0.120. The number of fused-ring (bicyclic) bond motifs is 1. The van der Waals surface area contributed by atoms with E-state index < -0.39 is 15.8 Å². The first-order valence-electron chi connectivity index (χ1n) is 10.1. The van der Waals surface area contributed by atoms with E-state index in [0.29, 0.717) is 12.8 Å². The van der Waals surface area contributed by atoms with E-state index in [1.807, 2.05) is 12.1 Å². The van der Waals surface area contributed by atoms with Crippen molar-refractivity contribution in [1.82, 2.24) is 4.31 Å². The summed E-state index contributed by atoms with van der Waals surface area (Å²) >= 11 is 0. The fourth-order valence-corrected chi connectivity index (χ4v) is 5.82. The summed E-state index contributed by atoms with van der Waals surface area (Å²) in [5.41, 5.74) is 3.42. The Hall–Kier alpha value is -2.25. The van der Waals surface area contributed by atoms with Crippen LogP contribution >= 0.6 is 0 Å². The molecule has 0 spiro atoms. The van der Waals surface area contributed by atoms with Gasteiger partial charge in [-0.25, -0.2) is 12.8 Å². The molecule has 0 radical (unpaired) electrons. The van der Waals surface area contributed by atoms with Crippen molar-refractivity contribution in [3.8, 4) is 0 Å². The zero-order valence-electron chi connectivity index (χ0n) is 16.2. The average Bonchev–Trinajstić information content (AvgIpc) is 2.74. The molecule has 1 amide bonds. The highest BCUT2D eigenvalue weighted by Gasteiger charge is 2.33. The van der Waals surface area contributed by atoms with Crippen LogP contribution in [0.25, 0.3) is 0 Å². The van der Waals surface area contributed by atoms with Crippen LogP contribution in [0.4, 0.5) is 10.1 Å². The summed E-state index contributed by atoms with van der Waals surface area (Å²) in [7, 11) is -3.89. The molecule has 1 fully saturated rings. The number of nitrogens with one attached hydrogen (secondary N) is 1. The Morgan fingerprint density at radius 3 is 2.48 bits per heavy atom. The van der Waals surface area contributed by atoms with Crippen molar-refractivity contribution >= 4 is 21.6 Å². The van der Waals surface area contributed by atoms with Crippen LogP contribution in [-0.2, 0) is 27.7 Å². The SMILES string of the molecule is O=C(Nc1cccc2c1CCCC2)C1CCN(S(=O)(=O)c2ccccc2F)CC1. The van der Waals surface area contributed by atoms with E-state index in [-0.39, 0.29) is 29.8 Å². The van der Waals surface area contributed by atoms with E-state index in [4.69, 9.17) is 0 Å². The van der Waals surface area contributed by atoms with E-state index in [0.717, 1.165) is 31.0 Å². The van der Waals surface area contributed by atoms with Crippen molar-refractivity contribution in [3.05, 3.63) is 59.4 Å². The van der Waals surface area contributed by atoms with E-state index in [9.17, 15) is 17.6 Å². The third-order valence-electron chi connectivity index (χ3n) is 5.93. The van der Waals surface area contributed by atoms with Crippen LogP contribution in [-0.4, -0.2) is 31.7 Å². The molecule has 154 valence electrons. The maximum atomic E-state index is 14.0. The first-order chi connectivity index (χ1) is 14.0. The molecule has 0 aromatic heterocycles. The summed E-state index contributed by atoms with van der Waals surface area (Å²) < 4.78 is 40.7. The highest BCUT2D eigenvalue weighted by atomic mass is 32.2. The van der Waals surface area contributed by atoms with E-state index in [2.05, 4.69) is 11.4 Å². The Balaban J connectivity index is 1.41. The third kappa shape index (κ3) is 4.07. The molecule has 2 aromatic carbocycles. The monoisotopic (exact) mass is 416 g/mol. The van der Waals surface area contributed by atoms with Gasteiger partial charge in [0.15, 0.2) is 0 Å². The van der Waals surface area contributed by atoms with Crippen LogP contribution in [0.15, 0.2) is 47.4 Å². The molecular weight excluding hydrogens is 391 g/mol. The quantitative estimate of drug-likeness (QED) is 0.826. The normalized spacial score (nSPS) is 18.2. The summed E-state index contributed by atoms with van der Waals surface area (Å²) in [4.78, 5) is 12.5. The molecule has 1 heterocycles. The number of anilines is 1. The second kappa shape index (κ2) is 8.24. The zero-order chi connectivity index (χ0) is 20.4. The molecule has 1 aliphatic carbocycles. The predicted octanol–water partition coefficient (Wildman–Crippen LogP) is 3.74. The van der Waals surface area contributed by atoms with Gasteiger partial charge in [0.25, 0.3) is 0 Å². The van der Waals surface area contributed by atoms with Crippen LogP contribution in [0, 0.1) is 11.7 Å². The second-order valence-electron chi connectivity index (χ2n) is 7.75. The minimum absolute atomic E-state index is 0.0630. The van der Waals surface area contributed by atoms with E-state index in [1.165, 1.54) is 40.1 Å². The lowest BCUT2D eigenvalue weighted by Gasteiger charge is -2.31. The van der Waals surface area contributed by atoms with Crippen molar-refractivity contribution in [2.45, 2.75) is 43.4 Å². The topological polar surface area (TPSA) is 66.5 Å². The number of rotatable bonds is 4. The zero-order valence-corrected chi connectivity index (χ0v) is 17.1. The van der Waals surface area contributed by atoms with Crippen molar-refractivity contribution in [2.24, 2.45) is 5.92 Å². The molecule has 29 heavy (non-hydrogen) atoms. The molecule has 0 atom stereocenters. The van der Waals surface area contributed by atoms with E-state index in [1.54, 1.807) is 0 Å². The fraction of sp³-hybridized carbons (Fsp3) is 0.409. The van der Waals surface area contributed by atoms with Crippen molar-refractivity contribution in [1.29, 1.82) is 0 Å². The van der Waals surface area contributed by atoms with Crippen LogP contribution in [0.1, 0.15) is 36.8 Å². The summed E-state index contributed by atoms with van der Waals surface area (Å²) in [6.07, 6.45) is 5.19. The maximum absolute atomic E-state index is 14.0. The van der Waals surface area contributed by atoms with Gasteiger partial charge in [0.1, 0.15) is 10.7 Å². The van der Waals surface area contributed by atoms with Gasteiger partial charge < -0.3 is 5.32 Å². The largest absolute Gasteiger partial charge is 0.326 e. The number of sulfonamides is 1. The van der Waals surface area contributed by atoms with Gasteiger partial charge in [-0.3, -0.25) is 4.79 Å². The second-order valence-corrected chi connectivity index (χ2v) is 9.65. The molecule has 5 nitrogen and oxygen atoms in total. The van der Waals surface area contributed by atoms with E-state index >= 15 is 0 Å². The Morgan fingerprint density at radius 2 is 1.72 bits per heavy atom. The minimum Gasteiger partial charge on any atom is -0.326 e. The molecule has 0 unspecified atom stereocenters. The summed E-state index contributed by atoms with van der Waals surface area (Å²) in [6, 6.07) is 11.4. The number of hydrogen-bond donors (Lipinski definition) is 1. The first-order valence-corrected chi connectivity index (χ1v) is 11.6. The van der Waals surface area contributed by atoms with Gasteiger partial charge in [0, 0.05) is 24.7 Å². The lowest BCUT2D eigenvalue weighted by Crippen LogP contribution is -2.41. The van der Waals surface area contributed by atoms with Crippen LogP contribution in [0.5, 0.6) is 0 Å². The number of aryl methyl sites for hydroxylation is 1. The average molecular weight is 417 g/mol. The number of hydrogen-bond acceptors (Lipinski definition) is 3. The maximum Gasteiger partial charge on any atom is 0.245 e. The number of carbonyl (C=O) groups excluding carboxylic acids is 1. The molecule has 1 saturated heterocycles. The molecule has 0 bridgehead atoms. The number of halogens is 1. The van der Waals surface area contributed by atoms with Gasteiger partial charge in [-0.15, -0.1) is 0 Å². The van der Waals surface area contributed by atoms with Gasteiger partial charge in [-0.2, -0.15) is 4.31 Å². The van der Waals surface area contributed by atoms with Gasteiger partial charge in [-0.05, 0) is 67.9 Å². The predicted molar refractivity (Wildman–Crippen MR) is 110 cm³/mol. The molecule has 0 saturated carbocycles. The van der Waals surface area contributed by atoms with Gasteiger partial charge in [-0.1, -0.05) is 24.3 Å². The molecule has 2 aliphatic rings. The standard InChI is InChI=1S/C22H25FN2O3S/c23-19-9-3-4-11-21(19)29(27,28)25-14-12-17(13-15-25)22(26)24-20-10-5-7-16-6-1-2-8-18(16)20/h3-5,7,9-11,17H,1-2,6,8,12-15H2,(H,24,26). The molecule has 1 N–H and O–H groups in total. The summed E-state index contributed by atoms with van der Waals surface area (Å²) in [5.74, 6) is -1.06. The molecular formula is C22H25FN2O3S. The number of benzene rings is 2. The van der Waals surface area contributed by atoms with Crippen molar-refractivity contribution < 1.29 is 17.6 Å². The Morgan fingerprint density at radius 1 is 1.00 bits per heavy atom. The summed E-state index contributed by atoms with van der Waals surface area (Å²) in [5, 5.41) is 3.07. The van der Waals surface area contributed by atoms with Gasteiger partial charge >= 0.3 is 0 Å². The molecule has 7 heteroatoms. The number of carbonyl (C=O) groups is 1. The Kier molecular flexibility index (Phi) is 5.69. The first kappa shape index (κ1) is 20.0. The van der Waals surface area contributed by atoms with Gasteiger partial charge in [0.2, 0.25) is 15.9 Å². The highest BCUT2D eigenvalue weighted by molar-refractivity contribution is 7.89. The highest BCUT2D eigenvalue weighted by Crippen LogP contribution is 2.30. The third-order valence-corrected chi connectivity index (χ3v) is 7.86. The molecule has 4 rings (SSSR count). The molecule has 2 aromatic rings. The van der Waals surface area contributed by atoms with Gasteiger partial charge in [0.05, 0.1) is 0 Å². The number of nitrogens with zero attached hydrogens (tertiary/aromatic N) is 1. The minimum atomic E-state index is -3.89. The number of amides is 1.